The van der Waals surface area contributed by atoms with Crippen molar-refractivity contribution in [2.75, 3.05) is 5.32 Å². The van der Waals surface area contributed by atoms with E-state index in [1.807, 2.05) is 78.4 Å². The van der Waals surface area contributed by atoms with Crippen molar-refractivity contribution >= 4 is 22.6 Å². The molecule has 0 atom stereocenters. The zero-order chi connectivity index (χ0) is 24.5. The third-order valence-corrected chi connectivity index (χ3v) is 5.80. The highest BCUT2D eigenvalue weighted by Crippen LogP contribution is 2.27. The first-order chi connectivity index (χ1) is 17.6. The first kappa shape index (κ1) is 21.5. The molecule has 0 radical (unpaired) electrons. The highest BCUT2D eigenvalue weighted by Gasteiger charge is 2.13. The van der Waals surface area contributed by atoms with Crippen molar-refractivity contribution in [3.63, 3.8) is 0 Å². The van der Waals surface area contributed by atoms with Crippen molar-refractivity contribution in [2.24, 2.45) is 0 Å². The third-order valence-electron chi connectivity index (χ3n) is 5.80. The van der Waals surface area contributed by atoms with E-state index in [0.717, 1.165) is 39.4 Å². The van der Waals surface area contributed by atoms with Gasteiger partial charge < -0.3 is 14.8 Å². The minimum absolute atomic E-state index is 0.0960. The summed E-state index contributed by atoms with van der Waals surface area (Å²) in [6.45, 7) is 1.94. The zero-order valence-electron chi connectivity index (χ0n) is 19.3. The summed E-state index contributed by atoms with van der Waals surface area (Å²) in [6, 6.07) is 21.1. The van der Waals surface area contributed by atoms with Crippen LogP contribution in [0.5, 0.6) is 0 Å². The molecular weight excluding hydrogens is 454 g/mol. The number of H-pyrrole nitrogens is 1. The molecule has 36 heavy (non-hydrogen) atoms. The molecule has 0 spiro atoms. The Bertz CT molecular complexity index is 1660. The molecule has 4 aromatic heterocycles. The van der Waals surface area contributed by atoms with Crippen LogP contribution in [0.2, 0.25) is 0 Å². The second kappa shape index (κ2) is 8.95. The van der Waals surface area contributed by atoms with Crippen LogP contribution in [0.15, 0.2) is 90.1 Å². The van der Waals surface area contributed by atoms with Gasteiger partial charge in [-0.1, -0.05) is 47.6 Å². The number of amides is 1. The van der Waals surface area contributed by atoms with Crippen LogP contribution in [0.3, 0.4) is 0 Å². The Balaban J connectivity index is 1.16. The molecule has 0 saturated heterocycles. The Labute approximate surface area is 205 Å². The molecule has 2 N–H and O–H groups in total. The van der Waals surface area contributed by atoms with Gasteiger partial charge in [-0.2, -0.15) is 0 Å². The number of hydrogen-bond acceptors (Lipinski definition) is 6. The summed E-state index contributed by atoms with van der Waals surface area (Å²) >= 11 is 0. The smallest absolute Gasteiger partial charge is 0.232 e. The second-order valence-electron chi connectivity index (χ2n) is 8.41. The van der Waals surface area contributed by atoms with Gasteiger partial charge in [0, 0.05) is 29.2 Å². The van der Waals surface area contributed by atoms with Crippen LogP contribution in [-0.2, 0) is 11.2 Å². The van der Waals surface area contributed by atoms with Gasteiger partial charge in [0.05, 0.1) is 17.5 Å². The number of carbonyl (C=O) groups is 1. The number of carbonyl (C=O) groups excluding carboxylic acids is 1. The monoisotopic (exact) mass is 475 g/mol. The van der Waals surface area contributed by atoms with Gasteiger partial charge in [0.15, 0.2) is 5.82 Å². The van der Waals surface area contributed by atoms with E-state index in [9.17, 15) is 4.79 Å². The Morgan fingerprint density at radius 1 is 1.00 bits per heavy atom. The first-order valence-electron chi connectivity index (χ1n) is 11.4. The van der Waals surface area contributed by atoms with Crippen LogP contribution in [0.4, 0.5) is 5.69 Å². The van der Waals surface area contributed by atoms with Crippen molar-refractivity contribution in [3.05, 3.63) is 97.0 Å². The molecule has 0 fully saturated rings. The van der Waals surface area contributed by atoms with Gasteiger partial charge in [-0.05, 0) is 30.7 Å². The Morgan fingerprint density at radius 3 is 2.61 bits per heavy atom. The lowest BCUT2D eigenvalue weighted by Gasteiger charge is -2.05. The summed E-state index contributed by atoms with van der Waals surface area (Å²) in [7, 11) is 0. The predicted octanol–water partition coefficient (Wildman–Crippen LogP) is 4.96. The van der Waals surface area contributed by atoms with E-state index >= 15 is 0 Å². The molecule has 1 amide bonds. The van der Waals surface area contributed by atoms with Crippen LogP contribution >= 0.6 is 0 Å². The average Bonchev–Trinajstić information content (AvgIpc) is 3.64. The molecule has 0 aliphatic heterocycles. The Hall–Kier alpha value is -5.05. The predicted molar refractivity (Wildman–Crippen MR) is 135 cm³/mol. The van der Waals surface area contributed by atoms with Gasteiger partial charge in [0.1, 0.15) is 29.8 Å². The summed E-state index contributed by atoms with van der Waals surface area (Å²) in [5.74, 6) is 1.08. The lowest BCUT2D eigenvalue weighted by molar-refractivity contribution is -0.115. The van der Waals surface area contributed by atoms with Crippen LogP contribution in [0.1, 0.15) is 11.5 Å². The molecule has 2 aromatic carbocycles. The van der Waals surface area contributed by atoms with Crippen molar-refractivity contribution in [1.82, 2.24) is 29.7 Å². The van der Waals surface area contributed by atoms with Crippen molar-refractivity contribution < 1.29 is 9.32 Å². The molecule has 0 aliphatic carbocycles. The van der Waals surface area contributed by atoms with Crippen molar-refractivity contribution in [1.29, 1.82) is 0 Å². The molecule has 0 bridgehead atoms. The lowest BCUT2D eigenvalue weighted by Crippen LogP contribution is -2.13. The summed E-state index contributed by atoms with van der Waals surface area (Å²) in [5.41, 5.74) is 5.85. The van der Waals surface area contributed by atoms with Crippen molar-refractivity contribution in [2.45, 2.75) is 13.3 Å². The summed E-state index contributed by atoms with van der Waals surface area (Å²) in [4.78, 5) is 29.0. The number of nitrogens with zero attached hydrogens (tertiary/aromatic N) is 5. The number of aromatic nitrogens is 6. The number of anilines is 1. The van der Waals surface area contributed by atoms with E-state index < -0.39 is 0 Å². The number of hydrogen-bond donors (Lipinski definition) is 2. The summed E-state index contributed by atoms with van der Waals surface area (Å²) in [5, 5.41) is 7.86. The van der Waals surface area contributed by atoms with Crippen molar-refractivity contribution in [3.8, 4) is 28.3 Å². The largest absolute Gasteiger partial charge is 0.360 e. The first-order valence-corrected chi connectivity index (χ1v) is 11.4. The molecule has 9 heteroatoms. The highest BCUT2D eigenvalue weighted by atomic mass is 16.5. The van der Waals surface area contributed by atoms with E-state index in [1.54, 1.807) is 12.4 Å². The van der Waals surface area contributed by atoms with Crippen LogP contribution in [0.25, 0.3) is 39.4 Å². The van der Waals surface area contributed by atoms with E-state index in [0.29, 0.717) is 17.1 Å². The maximum Gasteiger partial charge on any atom is 0.232 e. The summed E-state index contributed by atoms with van der Waals surface area (Å²) in [6.07, 6.45) is 5.29. The minimum Gasteiger partial charge on any atom is -0.360 e. The Kier molecular flexibility index (Phi) is 5.34. The Morgan fingerprint density at radius 2 is 1.83 bits per heavy atom. The fraction of sp³-hybridized carbons (Fsp3) is 0.0741. The van der Waals surface area contributed by atoms with Gasteiger partial charge in [0.25, 0.3) is 0 Å². The fourth-order valence-corrected chi connectivity index (χ4v) is 4.06. The molecule has 6 rings (SSSR count). The quantitative estimate of drug-likeness (QED) is 0.352. The maximum atomic E-state index is 12.5. The average molecular weight is 476 g/mol. The molecule has 4 heterocycles. The molecule has 0 unspecified atom stereocenters. The van der Waals surface area contributed by atoms with E-state index in [2.05, 4.69) is 30.4 Å². The summed E-state index contributed by atoms with van der Waals surface area (Å²) < 4.78 is 7.23. The van der Waals surface area contributed by atoms with Gasteiger partial charge >= 0.3 is 0 Å². The molecule has 6 aromatic rings. The number of nitrogens with one attached hydrogen (secondary N) is 2. The topological polar surface area (TPSA) is 115 Å². The maximum absolute atomic E-state index is 12.5. The molecular formula is C27H21N7O2. The SMILES string of the molecule is Cc1cn(-c2ncnc3[nH]c(-c4ccc(NC(=O)Cc5cc(-c6ccccc6)no5)cc4)cc23)cn1. The van der Waals surface area contributed by atoms with E-state index in [1.165, 1.54) is 6.33 Å². The standard InChI is InChI=1S/C27H21N7O2/c1-17-14-34(16-30-17)27-22-13-23(32-26(22)28-15-29-27)19-7-9-20(10-8-19)31-25(35)12-21-11-24(33-36-21)18-5-3-2-4-6-18/h2-11,13-16H,12H2,1H3,(H,31,35)(H,28,29,32). The number of rotatable bonds is 6. The number of aryl methyl sites for hydroxylation is 1. The van der Waals surface area contributed by atoms with E-state index in [4.69, 9.17) is 4.52 Å². The highest BCUT2D eigenvalue weighted by molar-refractivity contribution is 5.93. The minimum atomic E-state index is -0.181. The normalized spacial score (nSPS) is 11.1. The molecule has 0 aliphatic rings. The molecule has 176 valence electrons. The number of benzene rings is 2. The van der Waals surface area contributed by atoms with Crippen LogP contribution < -0.4 is 5.32 Å². The molecule has 9 nitrogen and oxygen atoms in total. The van der Waals surface area contributed by atoms with Gasteiger partial charge in [-0.15, -0.1) is 0 Å². The third kappa shape index (κ3) is 4.25. The number of aromatic amines is 1. The van der Waals surface area contributed by atoms with Gasteiger partial charge in [-0.3, -0.25) is 9.36 Å². The van der Waals surface area contributed by atoms with Crippen LogP contribution in [0, 0.1) is 6.92 Å². The molecule has 0 saturated carbocycles. The number of imidazole rings is 1. The number of fused-ring (bicyclic) bond motifs is 1. The lowest BCUT2D eigenvalue weighted by atomic mass is 10.1. The van der Waals surface area contributed by atoms with E-state index in [-0.39, 0.29) is 12.3 Å². The van der Waals surface area contributed by atoms with Crippen LogP contribution in [-0.4, -0.2) is 35.6 Å². The fourth-order valence-electron chi connectivity index (χ4n) is 4.06. The van der Waals surface area contributed by atoms with Gasteiger partial charge in [-0.25, -0.2) is 15.0 Å². The van der Waals surface area contributed by atoms with Gasteiger partial charge in [0.2, 0.25) is 5.91 Å². The second-order valence-corrected chi connectivity index (χ2v) is 8.41. The zero-order valence-corrected chi connectivity index (χ0v) is 19.3.